The van der Waals surface area contributed by atoms with Gasteiger partial charge in [0.1, 0.15) is 6.10 Å². The first kappa shape index (κ1) is 37.7. The minimum atomic E-state index is -0.612. The van der Waals surface area contributed by atoms with E-state index < -0.39 is 6.16 Å². The monoisotopic (exact) mass is 555 g/mol. The Morgan fingerprint density at radius 1 is 0.590 bits per heavy atom. The number of carbonyl (C=O) groups is 2. The van der Waals surface area contributed by atoms with E-state index >= 15 is 0 Å². The molecule has 0 heterocycles. The van der Waals surface area contributed by atoms with E-state index in [1.807, 2.05) is 14.1 Å². The summed E-state index contributed by atoms with van der Waals surface area (Å²) in [7, 11) is 3.99. The highest BCUT2D eigenvalue weighted by molar-refractivity contribution is 5.69. The van der Waals surface area contributed by atoms with E-state index in [1.165, 1.54) is 77.0 Å². The van der Waals surface area contributed by atoms with Gasteiger partial charge in [0, 0.05) is 19.4 Å². The summed E-state index contributed by atoms with van der Waals surface area (Å²) in [5.41, 5.74) is 0. The number of hydrogen-bond donors (Lipinski definition) is 0. The Morgan fingerprint density at radius 3 is 1.67 bits per heavy atom. The summed E-state index contributed by atoms with van der Waals surface area (Å²) in [6.45, 7) is 8.17. The van der Waals surface area contributed by atoms with Gasteiger partial charge >= 0.3 is 12.1 Å². The van der Waals surface area contributed by atoms with Gasteiger partial charge in [0.15, 0.2) is 0 Å². The number of ether oxygens (including phenoxy) is 3. The maximum Gasteiger partial charge on any atom is 0.508 e. The second-order valence-corrected chi connectivity index (χ2v) is 11.7. The first-order chi connectivity index (χ1) is 18.9. The molecule has 0 bridgehead atoms. The Hall–Kier alpha value is -1.30. The van der Waals surface area contributed by atoms with Crippen molar-refractivity contribution in [3.8, 4) is 0 Å². The maximum atomic E-state index is 12.7. The molecule has 0 aliphatic carbocycles. The van der Waals surface area contributed by atoms with E-state index in [2.05, 4.69) is 25.7 Å². The van der Waals surface area contributed by atoms with Crippen molar-refractivity contribution in [2.24, 2.45) is 5.92 Å². The predicted octanol–water partition coefficient (Wildman–Crippen LogP) is 9.48. The average Bonchev–Trinajstić information content (AvgIpc) is 2.90. The molecule has 0 aromatic rings. The van der Waals surface area contributed by atoms with Gasteiger partial charge in [-0.05, 0) is 52.1 Å². The summed E-state index contributed by atoms with van der Waals surface area (Å²) in [4.78, 5) is 27.0. The van der Waals surface area contributed by atoms with Crippen molar-refractivity contribution in [2.75, 3.05) is 33.9 Å². The van der Waals surface area contributed by atoms with Crippen LogP contribution < -0.4 is 0 Å². The fraction of sp³-hybridized carbons (Fsp3) is 0.939. The molecule has 0 radical (unpaired) electrons. The van der Waals surface area contributed by atoms with Crippen molar-refractivity contribution in [3.63, 3.8) is 0 Å². The summed E-state index contributed by atoms with van der Waals surface area (Å²) in [5.74, 6) is 0.319. The van der Waals surface area contributed by atoms with E-state index in [0.29, 0.717) is 32.0 Å². The topological polar surface area (TPSA) is 65.1 Å². The molecular weight excluding hydrogens is 490 g/mol. The number of rotatable bonds is 28. The summed E-state index contributed by atoms with van der Waals surface area (Å²) in [5, 5.41) is 0. The first-order valence-corrected chi connectivity index (χ1v) is 16.6. The number of unbranched alkanes of at least 4 members (excludes halogenated alkanes) is 12. The van der Waals surface area contributed by atoms with Gasteiger partial charge in [-0.3, -0.25) is 4.79 Å². The van der Waals surface area contributed by atoms with Gasteiger partial charge in [-0.15, -0.1) is 0 Å². The van der Waals surface area contributed by atoms with Gasteiger partial charge in [-0.25, -0.2) is 4.79 Å². The fourth-order valence-corrected chi connectivity index (χ4v) is 4.96. The molecule has 6 nitrogen and oxygen atoms in total. The van der Waals surface area contributed by atoms with E-state index in [1.54, 1.807) is 0 Å². The number of esters is 1. The molecule has 0 rings (SSSR count). The van der Waals surface area contributed by atoms with Crippen molar-refractivity contribution in [1.82, 2.24) is 4.90 Å². The SMILES string of the molecule is CCCCCCCCC(CCCCCCCC)CC(=O)OCCC(CCCCC)OC(=O)OCCCN(C)C. The average molecular weight is 556 g/mol. The van der Waals surface area contributed by atoms with Crippen LogP contribution in [-0.2, 0) is 19.0 Å². The van der Waals surface area contributed by atoms with Crippen LogP contribution in [0.3, 0.4) is 0 Å². The van der Waals surface area contributed by atoms with Crippen LogP contribution in [0.2, 0.25) is 0 Å². The molecule has 1 unspecified atom stereocenters. The van der Waals surface area contributed by atoms with E-state index in [9.17, 15) is 9.59 Å². The lowest BCUT2D eigenvalue weighted by Crippen LogP contribution is -2.23. The third-order valence-electron chi connectivity index (χ3n) is 7.45. The second-order valence-electron chi connectivity index (χ2n) is 11.7. The normalized spacial score (nSPS) is 12.2. The largest absolute Gasteiger partial charge is 0.508 e. The Kier molecular flexibility index (Phi) is 27.3. The molecular formula is C33H65NO5. The molecule has 0 aromatic heterocycles. The molecule has 0 saturated carbocycles. The zero-order chi connectivity index (χ0) is 29.0. The van der Waals surface area contributed by atoms with E-state index in [0.717, 1.165) is 51.5 Å². The molecule has 0 aliphatic rings. The summed E-state index contributed by atoms with van der Waals surface area (Å²) in [6, 6.07) is 0. The zero-order valence-electron chi connectivity index (χ0n) is 26.6. The highest BCUT2D eigenvalue weighted by Crippen LogP contribution is 2.23. The van der Waals surface area contributed by atoms with Gasteiger partial charge in [0.2, 0.25) is 0 Å². The molecule has 0 aromatic carbocycles. The molecule has 0 fully saturated rings. The standard InChI is InChI=1S/C33H65NO5/c1-6-9-12-14-16-19-22-30(23-20-17-15-13-10-7-2)29-32(35)37-28-25-31(24-18-11-8-3)39-33(36)38-27-21-26-34(4)5/h30-31H,6-29H2,1-5H3. The van der Waals surface area contributed by atoms with Crippen LogP contribution in [0.4, 0.5) is 4.79 Å². The third-order valence-corrected chi connectivity index (χ3v) is 7.45. The van der Waals surface area contributed by atoms with Crippen molar-refractivity contribution in [3.05, 3.63) is 0 Å². The quantitative estimate of drug-likeness (QED) is 0.0707. The number of hydrogen-bond acceptors (Lipinski definition) is 6. The van der Waals surface area contributed by atoms with Crippen LogP contribution in [0, 0.1) is 5.92 Å². The maximum absolute atomic E-state index is 12.7. The molecule has 6 heteroatoms. The lowest BCUT2D eigenvalue weighted by atomic mass is 9.91. The Morgan fingerprint density at radius 2 is 1.10 bits per heavy atom. The molecule has 0 amide bonds. The zero-order valence-corrected chi connectivity index (χ0v) is 26.6. The van der Waals surface area contributed by atoms with Gasteiger partial charge in [-0.2, -0.15) is 0 Å². The van der Waals surface area contributed by atoms with Gasteiger partial charge in [0.05, 0.1) is 13.2 Å². The smallest absolute Gasteiger partial charge is 0.466 e. The van der Waals surface area contributed by atoms with Crippen LogP contribution in [0.15, 0.2) is 0 Å². The van der Waals surface area contributed by atoms with Gasteiger partial charge < -0.3 is 19.1 Å². The summed E-state index contributed by atoms with van der Waals surface area (Å²) >= 11 is 0. The van der Waals surface area contributed by atoms with Gasteiger partial charge in [-0.1, -0.05) is 111 Å². The minimum absolute atomic E-state index is 0.101. The van der Waals surface area contributed by atoms with Crippen LogP contribution in [0.5, 0.6) is 0 Å². The lowest BCUT2D eigenvalue weighted by molar-refractivity contribution is -0.145. The van der Waals surface area contributed by atoms with Crippen molar-refractivity contribution >= 4 is 12.1 Å². The van der Waals surface area contributed by atoms with Crippen LogP contribution in [0.25, 0.3) is 0 Å². The van der Waals surface area contributed by atoms with Crippen LogP contribution in [0.1, 0.15) is 156 Å². The Bertz CT molecular complexity index is 538. The third kappa shape index (κ3) is 26.7. The summed E-state index contributed by atoms with van der Waals surface area (Å²) in [6.07, 6.45) is 22.6. The number of carbonyl (C=O) groups excluding carboxylic acids is 2. The van der Waals surface area contributed by atoms with Crippen LogP contribution in [-0.4, -0.2) is 57.0 Å². The minimum Gasteiger partial charge on any atom is -0.466 e. The van der Waals surface area contributed by atoms with Gasteiger partial charge in [0.25, 0.3) is 0 Å². The second kappa shape index (κ2) is 28.2. The van der Waals surface area contributed by atoms with Crippen molar-refractivity contribution in [2.45, 2.75) is 162 Å². The molecule has 0 spiro atoms. The lowest BCUT2D eigenvalue weighted by Gasteiger charge is -2.19. The predicted molar refractivity (Wildman–Crippen MR) is 163 cm³/mol. The molecule has 1 atom stereocenters. The summed E-state index contributed by atoms with van der Waals surface area (Å²) < 4.78 is 16.5. The highest BCUT2D eigenvalue weighted by atomic mass is 16.7. The molecule has 0 aliphatic heterocycles. The van der Waals surface area contributed by atoms with E-state index in [4.69, 9.17) is 14.2 Å². The van der Waals surface area contributed by atoms with Crippen molar-refractivity contribution in [1.29, 1.82) is 0 Å². The molecule has 0 saturated heterocycles. The van der Waals surface area contributed by atoms with Crippen LogP contribution >= 0.6 is 0 Å². The molecule has 39 heavy (non-hydrogen) atoms. The Balaban J connectivity index is 4.54. The number of nitrogens with zero attached hydrogens (tertiary/aromatic N) is 1. The molecule has 232 valence electrons. The first-order valence-electron chi connectivity index (χ1n) is 16.6. The van der Waals surface area contributed by atoms with Crippen molar-refractivity contribution < 1.29 is 23.8 Å². The van der Waals surface area contributed by atoms with E-state index in [-0.39, 0.29) is 12.1 Å². The Labute approximate surface area is 242 Å². The molecule has 0 N–H and O–H groups in total. The highest BCUT2D eigenvalue weighted by Gasteiger charge is 2.18. The fourth-order valence-electron chi connectivity index (χ4n) is 4.96.